The molecule has 0 radical (unpaired) electrons. The molecule has 1 fully saturated rings. The number of cyclic esters (lactones) is 1. The first kappa shape index (κ1) is 25.1. The van der Waals surface area contributed by atoms with Crippen molar-refractivity contribution in [2.24, 2.45) is 0 Å². The standard InChI is InChI=1S/C25H21F3N2O6/c26-25(27,28)18-13-30(24(33)29-22(18)31)12-11-19-20(34-14-16-7-3-1-4-8-16)21(23(32)36-19)35-15-17-9-5-2-6-10-17/h1-11,13,20-21H,12,14-15H2,(H,29,31,33)/b19-11+. The number of halogens is 3. The summed E-state index contributed by atoms with van der Waals surface area (Å²) < 4.78 is 57.0. The Morgan fingerprint density at radius 2 is 1.44 bits per heavy atom. The average Bonchev–Trinajstić information content (AvgIpc) is 3.15. The van der Waals surface area contributed by atoms with E-state index in [1.165, 1.54) is 6.08 Å². The zero-order valence-electron chi connectivity index (χ0n) is 18.7. The van der Waals surface area contributed by atoms with E-state index in [4.69, 9.17) is 14.2 Å². The van der Waals surface area contributed by atoms with Gasteiger partial charge >= 0.3 is 17.8 Å². The number of H-pyrrole nitrogens is 1. The number of hydrogen-bond acceptors (Lipinski definition) is 6. The minimum atomic E-state index is -4.95. The van der Waals surface area contributed by atoms with Gasteiger partial charge in [-0.3, -0.25) is 14.3 Å². The zero-order valence-corrected chi connectivity index (χ0v) is 18.7. The second kappa shape index (κ2) is 10.8. The van der Waals surface area contributed by atoms with Crippen molar-refractivity contribution in [2.75, 3.05) is 0 Å². The van der Waals surface area contributed by atoms with Gasteiger partial charge in [0, 0.05) is 12.7 Å². The van der Waals surface area contributed by atoms with Gasteiger partial charge in [0.15, 0.2) is 12.2 Å². The lowest BCUT2D eigenvalue weighted by atomic mass is 10.1. The van der Waals surface area contributed by atoms with Crippen LogP contribution >= 0.6 is 0 Å². The molecule has 1 N–H and O–H groups in total. The number of carbonyl (C=O) groups excluding carboxylic acids is 1. The molecule has 1 aliphatic heterocycles. The number of aromatic amines is 1. The molecule has 0 amide bonds. The van der Waals surface area contributed by atoms with Crippen LogP contribution in [0, 0.1) is 0 Å². The van der Waals surface area contributed by atoms with Gasteiger partial charge < -0.3 is 14.2 Å². The van der Waals surface area contributed by atoms with E-state index in [2.05, 4.69) is 0 Å². The smallest absolute Gasteiger partial charge is 0.423 e. The minimum absolute atomic E-state index is 0.0133. The molecule has 2 heterocycles. The fraction of sp³-hybridized carbons (Fsp3) is 0.240. The van der Waals surface area contributed by atoms with Crippen LogP contribution in [-0.2, 0) is 44.9 Å². The predicted octanol–water partition coefficient (Wildman–Crippen LogP) is 3.17. The van der Waals surface area contributed by atoms with E-state index in [9.17, 15) is 27.6 Å². The molecule has 2 atom stereocenters. The van der Waals surface area contributed by atoms with Crippen molar-refractivity contribution < 1.29 is 32.2 Å². The van der Waals surface area contributed by atoms with Crippen LogP contribution in [0.4, 0.5) is 13.2 Å². The number of allylic oxidation sites excluding steroid dienone is 1. The number of nitrogens with zero attached hydrogens (tertiary/aromatic N) is 1. The summed E-state index contributed by atoms with van der Waals surface area (Å²) in [5.74, 6) is -0.749. The molecule has 2 unspecified atom stereocenters. The number of nitrogens with one attached hydrogen (secondary N) is 1. The van der Waals surface area contributed by atoms with Gasteiger partial charge in [0.25, 0.3) is 5.56 Å². The fourth-order valence-corrected chi connectivity index (χ4v) is 3.54. The first-order valence-electron chi connectivity index (χ1n) is 10.9. The Morgan fingerprint density at radius 1 is 0.889 bits per heavy atom. The lowest BCUT2D eigenvalue weighted by molar-refractivity contribution is -0.149. The van der Waals surface area contributed by atoms with Gasteiger partial charge in [-0.1, -0.05) is 60.7 Å². The molecule has 1 aromatic heterocycles. The number of aromatic nitrogens is 2. The number of carbonyl (C=O) groups is 1. The van der Waals surface area contributed by atoms with Crippen LogP contribution in [0.3, 0.4) is 0 Å². The van der Waals surface area contributed by atoms with E-state index in [-0.39, 0.29) is 19.0 Å². The topological polar surface area (TPSA) is 99.6 Å². The monoisotopic (exact) mass is 502 g/mol. The van der Waals surface area contributed by atoms with Crippen LogP contribution in [0.25, 0.3) is 0 Å². The largest absolute Gasteiger partial charge is 0.426 e. The van der Waals surface area contributed by atoms with Gasteiger partial charge in [-0.2, -0.15) is 13.2 Å². The fourth-order valence-electron chi connectivity index (χ4n) is 3.54. The van der Waals surface area contributed by atoms with E-state index < -0.39 is 47.7 Å². The second-order valence-corrected chi connectivity index (χ2v) is 7.91. The lowest BCUT2D eigenvalue weighted by Crippen LogP contribution is -2.34. The molecular formula is C25H21F3N2O6. The number of benzene rings is 2. The maximum atomic E-state index is 13.1. The van der Waals surface area contributed by atoms with Crippen molar-refractivity contribution in [1.82, 2.24) is 9.55 Å². The minimum Gasteiger partial charge on any atom is -0.426 e. The molecule has 0 saturated carbocycles. The van der Waals surface area contributed by atoms with Gasteiger partial charge in [0.1, 0.15) is 11.3 Å². The summed E-state index contributed by atoms with van der Waals surface area (Å²) in [6, 6.07) is 18.2. The Hall–Kier alpha value is -3.96. The van der Waals surface area contributed by atoms with E-state index in [1.807, 2.05) is 60.7 Å². The highest BCUT2D eigenvalue weighted by atomic mass is 19.4. The van der Waals surface area contributed by atoms with Crippen LogP contribution < -0.4 is 11.2 Å². The van der Waals surface area contributed by atoms with Crippen LogP contribution in [0.2, 0.25) is 0 Å². The van der Waals surface area contributed by atoms with Crippen LogP contribution in [-0.4, -0.2) is 27.7 Å². The summed E-state index contributed by atoms with van der Waals surface area (Å²) >= 11 is 0. The maximum absolute atomic E-state index is 13.1. The molecular weight excluding hydrogens is 481 g/mol. The first-order chi connectivity index (χ1) is 17.2. The number of alkyl halides is 3. The van der Waals surface area contributed by atoms with Gasteiger partial charge in [0.05, 0.1) is 13.2 Å². The van der Waals surface area contributed by atoms with E-state index >= 15 is 0 Å². The summed E-state index contributed by atoms with van der Waals surface area (Å²) in [6.45, 7) is -0.229. The van der Waals surface area contributed by atoms with Gasteiger partial charge in [-0.25, -0.2) is 9.59 Å². The molecule has 8 nitrogen and oxygen atoms in total. The first-order valence-corrected chi connectivity index (χ1v) is 10.9. The Balaban J connectivity index is 1.58. The summed E-state index contributed by atoms with van der Waals surface area (Å²) in [7, 11) is 0. The van der Waals surface area contributed by atoms with E-state index in [1.54, 1.807) is 4.98 Å². The van der Waals surface area contributed by atoms with Gasteiger partial charge in [0.2, 0.25) is 0 Å². The molecule has 1 aliphatic rings. The van der Waals surface area contributed by atoms with E-state index in [0.717, 1.165) is 11.1 Å². The van der Waals surface area contributed by atoms with Crippen molar-refractivity contribution >= 4 is 5.97 Å². The number of rotatable bonds is 8. The molecule has 11 heteroatoms. The molecule has 36 heavy (non-hydrogen) atoms. The van der Waals surface area contributed by atoms with Crippen LogP contribution in [0.1, 0.15) is 16.7 Å². The molecule has 0 spiro atoms. The van der Waals surface area contributed by atoms with Crippen molar-refractivity contribution in [3.05, 3.63) is 116 Å². The maximum Gasteiger partial charge on any atom is 0.423 e. The Kier molecular flexibility index (Phi) is 7.51. The van der Waals surface area contributed by atoms with Gasteiger partial charge in [-0.15, -0.1) is 0 Å². The molecule has 188 valence electrons. The summed E-state index contributed by atoms with van der Waals surface area (Å²) in [4.78, 5) is 37.8. The lowest BCUT2D eigenvalue weighted by Gasteiger charge is -2.18. The third kappa shape index (κ3) is 5.99. The number of esters is 1. The molecule has 3 aromatic rings. The molecule has 0 aliphatic carbocycles. The van der Waals surface area contributed by atoms with Crippen molar-refractivity contribution in [3.63, 3.8) is 0 Å². The Morgan fingerprint density at radius 3 is 2.00 bits per heavy atom. The molecule has 0 bridgehead atoms. The SMILES string of the molecule is O=C1O/C(=C/Cn2cc(C(F)(F)F)c(=O)[nH]c2=O)C(OCc2ccccc2)C1OCc1ccccc1. The normalized spacial score (nSPS) is 19.0. The highest BCUT2D eigenvalue weighted by Gasteiger charge is 2.43. The molecule has 4 rings (SSSR count). The molecule has 1 saturated heterocycles. The van der Waals surface area contributed by atoms with Crippen molar-refractivity contribution in [2.45, 2.75) is 38.1 Å². The Bertz CT molecular complexity index is 1350. The highest BCUT2D eigenvalue weighted by Crippen LogP contribution is 2.28. The van der Waals surface area contributed by atoms with Crippen molar-refractivity contribution in [3.8, 4) is 0 Å². The summed E-state index contributed by atoms with van der Waals surface area (Å²) in [6.07, 6.45) is -5.44. The van der Waals surface area contributed by atoms with Crippen LogP contribution in [0.15, 0.2) is 88.3 Å². The number of ether oxygens (including phenoxy) is 3. The third-order valence-electron chi connectivity index (χ3n) is 5.36. The van der Waals surface area contributed by atoms with Crippen molar-refractivity contribution in [1.29, 1.82) is 0 Å². The third-order valence-corrected chi connectivity index (χ3v) is 5.36. The summed E-state index contributed by atoms with van der Waals surface area (Å²) in [5, 5.41) is 0. The highest BCUT2D eigenvalue weighted by molar-refractivity contribution is 5.80. The second-order valence-electron chi connectivity index (χ2n) is 7.91. The Labute approximate surface area is 202 Å². The summed E-state index contributed by atoms with van der Waals surface area (Å²) in [5.41, 5.74) is -2.49. The predicted molar refractivity (Wildman–Crippen MR) is 121 cm³/mol. The van der Waals surface area contributed by atoms with Crippen LogP contribution in [0.5, 0.6) is 0 Å². The number of hydrogen-bond donors (Lipinski definition) is 1. The molecule has 2 aromatic carbocycles. The quantitative estimate of drug-likeness (QED) is 0.475. The van der Waals surface area contributed by atoms with E-state index in [0.29, 0.717) is 10.8 Å². The van der Waals surface area contributed by atoms with Gasteiger partial charge in [-0.05, 0) is 17.2 Å². The average molecular weight is 502 g/mol. The zero-order chi connectivity index (χ0) is 25.7.